The van der Waals surface area contributed by atoms with Crippen molar-refractivity contribution in [2.24, 2.45) is 7.05 Å². The van der Waals surface area contributed by atoms with Crippen LogP contribution in [0, 0.1) is 19.7 Å². The summed E-state index contributed by atoms with van der Waals surface area (Å²) in [5, 5.41) is 6.71. The Morgan fingerprint density at radius 2 is 1.96 bits per heavy atom. The molecule has 0 aliphatic carbocycles. The molecule has 0 bridgehead atoms. The van der Waals surface area contributed by atoms with E-state index in [2.05, 4.69) is 15.4 Å². The van der Waals surface area contributed by atoms with E-state index in [0.29, 0.717) is 16.6 Å². The van der Waals surface area contributed by atoms with Crippen LogP contribution in [0.5, 0.6) is 0 Å². The van der Waals surface area contributed by atoms with E-state index in [1.807, 2.05) is 0 Å². The molecule has 130 valence electrons. The molecule has 0 fully saturated rings. The summed E-state index contributed by atoms with van der Waals surface area (Å²) in [6.07, 6.45) is -2.80. The highest BCUT2D eigenvalue weighted by atomic mass is 19.3. The molecule has 5 nitrogen and oxygen atoms in total. The van der Waals surface area contributed by atoms with Crippen molar-refractivity contribution >= 4 is 22.5 Å². The quantitative estimate of drug-likeness (QED) is 0.781. The van der Waals surface area contributed by atoms with Gasteiger partial charge < -0.3 is 5.32 Å². The monoisotopic (exact) mass is 348 g/mol. The lowest BCUT2D eigenvalue weighted by Crippen LogP contribution is -2.15. The summed E-state index contributed by atoms with van der Waals surface area (Å²) in [7, 11) is 1.38. The van der Waals surface area contributed by atoms with Crippen LogP contribution in [0.4, 0.5) is 18.9 Å². The maximum absolute atomic E-state index is 13.6. The third kappa shape index (κ3) is 3.07. The van der Waals surface area contributed by atoms with Crippen LogP contribution >= 0.6 is 0 Å². The molecule has 1 aromatic carbocycles. The zero-order valence-corrected chi connectivity index (χ0v) is 13.8. The van der Waals surface area contributed by atoms with Gasteiger partial charge in [0.1, 0.15) is 11.5 Å². The van der Waals surface area contributed by atoms with Gasteiger partial charge in [0.05, 0.1) is 22.5 Å². The molecule has 3 aromatic rings. The zero-order chi connectivity index (χ0) is 18.3. The number of hydrogen-bond acceptors (Lipinski definition) is 3. The lowest BCUT2D eigenvalue weighted by atomic mass is 10.1. The van der Waals surface area contributed by atoms with E-state index in [9.17, 15) is 18.0 Å². The Bertz CT molecular complexity index is 982. The van der Waals surface area contributed by atoms with E-state index in [-0.39, 0.29) is 22.6 Å². The highest BCUT2D eigenvalue weighted by Crippen LogP contribution is 2.30. The highest BCUT2D eigenvalue weighted by molar-refractivity contribution is 6.12. The fourth-order valence-electron chi connectivity index (χ4n) is 2.78. The Morgan fingerprint density at radius 1 is 1.24 bits per heavy atom. The number of alkyl halides is 2. The molecule has 0 unspecified atom stereocenters. The van der Waals surface area contributed by atoms with Crippen LogP contribution in [0.25, 0.3) is 10.9 Å². The molecule has 1 N–H and O–H groups in total. The van der Waals surface area contributed by atoms with Gasteiger partial charge in [-0.3, -0.25) is 14.5 Å². The zero-order valence-electron chi connectivity index (χ0n) is 13.8. The topological polar surface area (TPSA) is 59.8 Å². The van der Waals surface area contributed by atoms with Crippen LogP contribution in [-0.2, 0) is 7.05 Å². The molecule has 8 heteroatoms. The Morgan fingerprint density at radius 3 is 2.64 bits per heavy atom. The van der Waals surface area contributed by atoms with Crippen molar-refractivity contribution in [1.82, 2.24) is 14.8 Å². The maximum Gasteiger partial charge on any atom is 0.282 e. The predicted molar refractivity (Wildman–Crippen MR) is 87.3 cm³/mol. The molecule has 1 amide bonds. The fourth-order valence-corrected chi connectivity index (χ4v) is 2.78. The Hall–Kier alpha value is -2.90. The van der Waals surface area contributed by atoms with Crippen molar-refractivity contribution in [2.45, 2.75) is 20.3 Å². The molecule has 2 heterocycles. The maximum atomic E-state index is 13.6. The predicted octanol–water partition coefficient (Wildman–Crippen LogP) is 3.91. The summed E-state index contributed by atoms with van der Waals surface area (Å²) in [6.45, 7) is 3.22. The molecule has 25 heavy (non-hydrogen) atoms. The minimum Gasteiger partial charge on any atom is -0.319 e. The smallest absolute Gasteiger partial charge is 0.282 e. The number of hydrogen-bond donors (Lipinski definition) is 1. The average molecular weight is 348 g/mol. The lowest BCUT2D eigenvalue weighted by molar-refractivity contribution is 0.102. The number of anilines is 1. The van der Waals surface area contributed by atoms with Crippen LogP contribution in [0.2, 0.25) is 0 Å². The first-order valence-corrected chi connectivity index (χ1v) is 7.48. The first-order valence-electron chi connectivity index (χ1n) is 7.48. The molecular weight excluding hydrogens is 333 g/mol. The number of aryl methyl sites for hydroxylation is 3. The van der Waals surface area contributed by atoms with Gasteiger partial charge in [0.2, 0.25) is 0 Å². The summed E-state index contributed by atoms with van der Waals surface area (Å²) in [5.74, 6) is -1.14. The van der Waals surface area contributed by atoms with Crippen LogP contribution in [-0.4, -0.2) is 20.7 Å². The molecule has 0 saturated carbocycles. The molecule has 0 aliphatic heterocycles. The molecule has 0 radical (unpaired) electrons. The summed E-state index contributed by atoms with van der Waals surface area (Å²) >= 11 is 0. The minimum atomic E-state index is -2.80. The van der Waals surface area contributed by atoms with Gasteiger partial charge in [-0.1, -0.05) is 0 Å². The summed E-state index contributed by atoms with van der Waals surface area (Å²) in [5.41, 5.74) is 1.01. The van der Waals surface area contributed by atoms with Crippen LogP contribution in [0.3, 0.4) is 0 Å². The molecule has 0 aliphatic rings. The number of benzene rings is 1. The number of amides is 1. The van der Waals surface area contributed by atoms with Gasteiger partial charge in [-0.25, -0.2) is 13.2 Å². The van der Waals surface area contributed by atoms with E-state index in [1.165, 1.54) is 38.2 Å². The second kappa shape index (κ2) is 6.19. The van der Waals surface area contributed by atoms with Gasteiger partial charge in [0.25, 0.3) is 12.3 Å². The fraction of sp³-hybridized carbons (Fsp3) is 0.235. The average Bonchev–Trinajstić information content (AvgIpc) is 2.80. The number of halogens is 3. The number of carbonyl (C=O) groups is 1. The summed E-state index contributed by atoms with van der Waals surface area (Å²) in [4.78, 5) is 16.9. The van der Waals surface area contributed by atoms with E-state index in [1.54, 1.807) is 6.92 Å². The van der Waals surface area contributed by atoms with Crippen molar-refractivity contribution in [3.8, 4) is 0 Å². The van der Waals surface area contributed by atoms with Gasteiger partial charge in [-0.15, -0.1) is 0 Å². The Labute approximate surface area is 141 Å². The SMILES string of the molecule is Cc1cc(C(=O)Nc2c(C)nn(C)c2C(F)F)c2cc(F)ccc2n1. The molecule has 0 saturated heterocycles. The van der Waals surface area contributed by atoms with E-state index in [0.717, 1.165) is 4.68 Å². The normalized spacial score (nSPS) is 11.3. The van der Waals surface area contributed by atoms with Crippen molar-refractivity contribution in [1.29, 1.82) is 0 Å². The van der Waals surface area contributed by atoms with Crippen molar-refractivity contribution in [3.63, 3.8) is 0 Å². The van der Waals surface area contributed by atoms with E-state index >= 15 is 0 Å². The van der Waals surface area contributed by atoms with Gasteiger partial charge in [-0.2, -0.15) is 5.10 Å². The molecule has 3 rings (SSSR count). The summed E-state index contributed by atoms with van der Waals surface area (Å²) in [6, 6.07) is 5.40. The first kappa shape index (κ1) is 16.9. The number of rotatable bonds is 3. The van der Waals surface area contributed by atoms with E-state index < -0.39 is 18.1 Å². The third-order valence-electron chi connectivity index (χ3n) is 3.86. The number of nitrogens with one attached hydrogen (secondary N) is 1. The van der Waals surface area contributed by atoms with Crippen LogP contribution in [0.15, 0.2) is 24.3 Å². The van der Waals surface area contributed by atoms with Gasteiger partial charge in [0, 0.05) is 18.1 Å². The molecule has 0 atom stereocenters. The number of aromatic nitrogens is 3. The number of nitrogens with zero attached hydrogens (tertiary/aromatic N) is 3. The third-order valence-corrected chi connectivity index (χ3v) is 3.86. The summed E-state index contributed by atoms with van der Waals surface area (Å²) < 4.78 is 41.1. The van der Waals surface area contributed by atoms with Crippen molar-refractivity contribution < 1.29 is 18.0 Å². The van der Waals surface area contributed by atoms with Crippen LogP contribution < -0.4 is 5.32 Å². The standard InChI is InChI=1S/C17H15F3N4O/c1-8-6-12(11-7-10(18)4-5-13(11)21-8)17(25)22-14-9(2)23-24(3)15(14)16(19)20/h4-7,16H,1-3H3,(H,22,25). The Balaban J connectivity index is 2.09. The largest absolute Gasteiger partial charge is 0.319 e. The van der Waals surface area contributed by atoms with Crippen molar-refractivity contribution in [3.05, 3.63) is 52.7 Å². The van der Waals surface area contributed by atoms with Gasteiger partial charge in [0.15, 0.2) is 0 Å². The lowest BCUT2D eigenvalue weighted by Gasteiger charge is -2.10. The van der Waals surface area contributed by atoms with Gasteiger partial charge >= 0.3 is 0 Å². The minimum absolute atomic E-state index is 0.0403. The first-order chi connectivity index (χ1) is 11.8. The number of carbonyl (C=O) groups excluding carboxylic acids is 1. The highest BCUT2D eigenvalue weighted by Gasteiger charge is 2.24. The number of pyridine rings is 1. The molecule has 0 spiro atoms. The van der Waals surface area contributed by atoms with Crippen molar-refractivity contribution in [2.75, 3.05) is 5.32 Å². The second-order valence-electron chi connectivity index (χ2n) is 5.70. The van der Waals surface area contributed by atoms with Crippen LogP contribution in [0.1, 0.15) is 33.9 Å². The Kier molecular flexibility index (Phi) is 4.20. The second-order valence-corrected chi connectivity index (χ2v) is 5.70. The number of fused-ring (bicyclic) bond motifs is 1. The molecular formula is C17H15F3N4O. The molecule has 2 aromatic heterocycles. The van der Waals surface area contributed by atoms with E-state index in [4.69, 9.17) is 0 Å². The van der Waals surface area contributed by atoms with Gasteiger partial charge in [-0.05, 0) is 38.1 Å².